The van der Waals surface area contributed by atoms with Gasteiger partial charge in [-0.15, -0.1) is 0 Å². The Balaban J connectivity index is 4.76. The molecule has 0 N–H and O–H groups in total. The van der Waals surface area contributed by atoms with Crippen molar-refractivity contribution in [3.63, 3.8) is 0 Å². The number of rotatable bonds is 49. The minimum absolute atomic E-state index is 0.0748. The van der Waals surface area contributed by atoms with Crippen LogP contribution in [0.1, 0.15) is 325 Å². The second-order valence-corrected chi connectivity index (χ2v) is 26.2. The molecule has 3 nitrogen and oxygen atoms in total. The SMILES string of the molecule is CC(C)CCCCCCCCCCCCCCC(=O)[Si](C(=O)CCCCCCCCCCCCCCC(C)C)(C(=O)CCCCCCCCCCCCCCC(C)C)C(C)C. The Morgan fingerprint density at radius 3 is 0.541 bits per heavy atom. The minimum atomic E-state index is -3.43. The Labute approximate surface area is 385 Å². The van der Waals surface area contributed by atoms with E-state index in [9.17, 15) is 14.4 Å². The van der Waals surface area contributed by atoms with Gasteiger partial charge >= 0.3 is 0 Å². The van der Waals surface area contributed by atoms with Crippen LogP contribution in [0.4, 0.5) is 0 Å². The predicted molar refractivity (Wildman–Crippen MR) is 274 cm³/mol. The highest BCUT2D eigenvalue weighted by atomic mass is 28.3. The van der Waals surface area contributed by atoms with Gasteiger partial charge in [-0.05, 0) is 42.6 Å². The van der Waals surface area contributed by atoms with Crippen molar-refractivity contribution in [1.29, 1.82) is 0 Å². The number of hydrogen-bond donors (Lipinski definition) is 0. The molecule has 0 rings (SSSR count). The van der Waals surface area contributed by atoms with E-state index in [4.69, 9.17) is 0 Å². The van der Waals surface area contributed by atoms with Crippen molar-refractivity contribution in [2.75, 3.05) is 0 Å². The molecule has 0 saturated carbocycles. The molecule has 0 fully saturated rings. The Kier molecular flexibility index (Phi) is 42.6. The molecule has 0 amide bonds. The molecule has 0 unspecified atom stereocenters. The van der Waals surface area contributed by atoms with Gasteiger partial charge in [-0.2, -0.15) is 0 Å². The van der Waals surface area contributed by atoms with Crippen molar-refractivity contribution in [3.8, 4) is 0 Å². The second kappa shape index (κ2) is 43.1. The fourth-order valence-corrected chi connectivity index (χ4v) is 14.4. The third-order valence-corrected chi connectivity index (χ3v) is 19.1. The van der Waals surface area contributed by atoms with Crippen molar-refractivity contribution in [2.45, 2.75) is 331 Å². The van der Waals surface area contributed by atoms with Crippen LogP contribution in [-0.2, 0) is 14.4 Å². The van der Waals surface area contributed by atoms with Crippen LogP contribution in [0, 0.1) is 17.8 Å². The Morgan fingerprint density at radius 1 is 0.246 bits per heavy atom. The molecular weight excluding hydrogens is 761 g/mol. The normalized spacial score (nSPS) is 12.2. The van der Waals surface area contributed by atoms with E-state index < -0.39 is 8.07 Å². The van der Waals surface area contributed by atoms with Crippen molar-refractivity contribution in [1.82, 2.24) is 0 Å². The van der Waals surface area contributed by atoms with Crippen LogP contribution in [0.2, 0.25) is 5.54 Å². The number of unbranched alkanes of at least 4 members (excludes halogenated alkanes) is 33. The predicted octanol–water partition coefficient (Wildman–Crippen LogP) is 19.5. The van der Waals surface area contributed by atoms with Gasteiger partial charge in [0, 0.05) is 19.3 Å². The van der Waals surface area contributed by atoms with Crippen molar-refractivity contribution in [3.05, 3.63) is 0 Å². The number of hydrogen-bond acceptors (Lipinski definition) is 3. The molecule has 0 aliphatic heterocycles. The van der Waals surface area contributed by atoms with Crippen LogP contribution >= 0.6 is 0 Å². The summed E-state index contributed by atoms with van der Waals surface area (Å²) in [7, 11) is -3.43. The van der Waals surface area contributed by atoms with Gasteiger partial charge in [-0.1, -0.05) is 287 Å². The van der Waals surface area contributed by atoms with E-state index in [0.29, 0.717) is 19.3 Å². The molecule has 0 aliphatic rings. The van der Waals surface area contributed by atoms with Gasteiger partial charge in [-0.25, -0.2) is 0 Å². The minimum Gasteiger partial charge on any atom is -0.304 e. The third kappa shape index (κ3) is 35.2. The van der Waals surface area contributed by atoms with Crippen LogP contribution in [0.3, 0.4) is 0 Å². The fourth-order valence-electron chi connectivity index (χ4n) is 9.84. The van der Waals surface area contributed by atoms with E-state index in [2.05, 4.69) is 41.5 Å². The van der Waals surface area contributed by atoms with Crippen molar-refractivity contribution >= 4 is 24.3 Å². The van der Waals surface area contributed by atoms with Gasteiger partial charge < -0.3 is 14.4 Å². The first-order valence-electron chi connectivity index (χ1n) is 28.1. The summed E-state index contributed by atoms with van der Waals surface area (Å²) in [4.78, 5) is 42.8. The molecule has 0 aromatic carbocycles. The van der Waals surface area contributed by atoms with E-state index in [1.165, 1.54) is 193 Å². The van der Waals surface area contributed by atoms with E-state index >= 15 is 0 Å². The quantitative estimate of drug-likeness (QED) is 0.0452. The Morgan fingerprint density at radius 2 is 0.393 bits per heavy atom. The molecule has 0 spiro atoms. The summed E-state index contributed by atoms with van der Waals surface area (Å²) >= 11 is 0. The van der Waals surface area contributed by atoms with E-state index in [-0.39, 0.29) is 21.8 Å². The summed E-state index contributed by atoms with van der Waals surface area (Å²) in [6, 6.07) is 0. The molecule has 362 valence electrons. The van der Waals surface area contributed by atoms with Crippen LogP contribution < -0.4 is 0 Å². The molecule has 0 aliphatic carbocycles. The number of carbonyl (C=O) groups excluding carboxylic acids is 3. The zero-order valence-corrected chi connectivity index (χ0v) is 44.2. The molecule has 0 aromatic rings. The molecule has 0 radical (unpaired) electrons. The second-order valence-electron chi connectivity index (χ2n) is 21.8. The maximum absolute atomic E-state index is 14.3. The summed E-state index contributed by atoms with van der Waals surface area (Å²) in [6.45, 7) is 18.0. The van der Waals surface area contributed by atoms with Gasteiger partial charge in [0.15, 0.2) is 0 Å². The first-order chi connectivity index (χ1) is 29.5. The molecule has 0 atom stereocenters. The van der Waals surface area contributed by atoms with Gasteiger partial charge in [0.05, 0.1) is 0 Å². The summed E-state index contributed by atoms with van der Waals surface area (Å²) < 4.78 is 0. The Bertz CT molecular complexity index is 866. The summed E-state index contributed by atoms with van der Waals surface area (Å²) in [5, 5.41) is 0.224. The highest BCUT2D eigenvalue weighted by Crippen LogP contribution is 2.31. The van der Waals surface area contributed by atoms with Crippen molar-refractivity contribution in [2.24, 2.45) is 17.8 Å². The van der Waals surface area contributed by atoms with E-state index in [1.807, 2.05) is 13.8 Å². The van der Waals surface area contributed by atoms with E-state index in [1.54, 1.807) is 0 Å². The zero-order valence-electron chi connectivity index (χ0n) is 43.2. The molecule has 0 aromatic heterocycles. The lowest BCUT2D eigenvalue weighted by Gasteiger charge is -2.31. The molecule has 0 heterocycles. The zero-order chi connectivity index (χ0) is 45.2. The average molecular weight is 874 g/mol. The number of carbonyl (C=O) groups is 3. The van der Waals surface area contributed by atoms with Gasteiger partial charge in [0.1, 0.15) is 16.2 Å². The molecule has 61 heavy (non-hydrogen) atoms. The standard InChI is InChI=1S/C57H112O3Si/c1-51(2)45-39-33-27-21-15-9-12-18-24-30-36-42-48-55(58)61(54(7)8,56(59)49-43-37-31-25-19-13-10-16-22-28-34-40-46-52(3)4)57(60)50-44-38-32-26-20-14-11-17-23-29-35-41-47-53(5)6/h51-54H,9-50H2,1-8H3. The van der Waals surface area contributed by atoms with Gasteiger partial charge in [0.2, 0.25) is 0 Å². The molecule has 4 heteroatoms. The smallest absolute Gasteiger partial charge is 0.281 e. The maximum atomic E-state index is 14.3. The lowest BCUT2D eigenvalue weighted by atomic mass is 10.0. The topological polar surface area (TPSA) is 51.2 Å². The first-order valence-corrected chi connectivity index (χ1v) is 30.1. The highest BCUT2D eigenvalue weighted by molar-refractivity contribution is 7.41. The van der Waals surface area contributed by atoms with Gasteiger partial charge in [0.25, 0.3) is 8.07 Å². The van der Waals surface area contributed by atoms with Crippen LogP contribution in [0.15, 0.2) is 0 Å². The lowest BCUT2D eigenvalue weighted by molar-refractivity contribution is -0.120. The monoisotopic (exact) mass is 873 g/mol. The average Bonchev–Trinajstić information content (AvgIpc) is 3.20. The third-order valence-electron chi connectivity index (χ3n) is 14.0. The lowest BCUT2D eigenvalue weighted by Crippen LogP contribution is -2.61. The summed E-state index contributed by atoms with van der Waals surface area (Å²) in [6.07, 6.45) is 51.0. The molecular formula is C57H112O3Si. The van der Waals surface area contributed by atoms with Gasteiger partial charge in [-0.3, -0.25) is 0 Å². The highest BCUT2D eigenvalue weighted by Gasteiger charge is 2.55. The fraction of sp³-hybridized carbons (Fsp3) is 0.947. The molecule has 0 bridgehead atoms. The summed E-state index contributed by atoms with van der Waals surface area (Å²) in [5.74, 6) is 2.51. The molecule has 0 saturated heterocycles. The van der Waals surface area contributed by atoms with Crippen LogP contribution in [-0.4, -0.2) is 24.3 Å². The maximum Gasteiger partial charge on any atom is 0.281 e. The largest absolute Gasteiger partial charge is 0.304 e. The van der Waals surface area contributed by atoms with E-state index in [0.717, 1.165) is 75.5 Å². The van der Waals surface area contributed by atoms with Crippen LogP contribution in [0.25, 0.3) is 0 Å². The Hall–Kier alpha value is -0.773. The van der Waals surface area contributed by atoms with Crippen LogP contribution in [0.5, 0.6) is 0 Å². The first kappa shape index (κ1) is 60.2. The van der Waals surface area contributed by atoms with Crippen molar-refractivity contribution < 1.29 is 14.4 Å². The summed E-state index contributed by atoms with van der Waals surface area (Å²) in [5.41, 5.74) is -0.138.